The molecule has 1 atom stereocenters. The van der Waals surface area contributed by atoms with Gasteiger partial charge in [-0.25, -0.2) is 0 Å². The highest BCUT2D eigenvalue weighted by atomic mass is 32.2. The molecule has 0 radical (unpaired) electrons. The lowest BCUT2D eigenvalue weighted by Gasteiger charge is -2.25. The fourth-order valence-electron chi connectivity index (χ4n) is 2.59. The van der Waals surface area contributed by atoms with E-state index in [4.69, 9.17) is 9.15 Å². The molecule has 27 heavy (non-hydrogen) atoms. The van der Waals surface area contributed by atoms with Gasteiger partial charge < -0.3 is 14.1 Å². The van der Waals surface area contributed by atoms with Gasteiger partial charge >= 0.3 is 0 Å². The van der Waals surface area contributed by atoms with Gasteiger partial charge in [-0.15, -0.1) is 10.2 Å². The molecule has 0 aliphatic rings. The number of thioether (sulfide) groups is 1. The van der Waals surface area contributed by atoms with Crippen LogP contribution in [0.15, 0.2) is 64.2 Å². The Balaban J connectivity index is 1.62. The van der Waals surface area contributed by atoms with E-state index in [1.165, 1.54) is 11.8 Å². The maximum Gasteiger partial charge on any atom is 0.277 e. The van der Waals surface area contributed by atoms with Crippen molar-refractivity contribution in [2.75, 3.05) is 19.9 Å². The number of rotatable bonds is 7. The Morgan fingerprint density at radius 3 is 2.59 bits per heavy atom. The van der Waals surface area contributed by atoms with Crippen LogP contribution in [0.5, 0.6) is 5.75 Å². The van der Waals surface area contributed by atoms with Crippen molar-refractivity contribution in [2.24, 2.45) is 0 Å². The smallest absolute Gasteiger partial charge is 0.277 e. The molecule has 2 aromatic carbocycles. The molecular weight excluding hydrogens is 362 g/mol. The molecule has 0 spiro atoms. The van der Waals surface area contributed by atoms with Crippen molar-refractivity contribution in [2.45, 2.75) is 18.2 Å². The van der Waals surface area contributed by atoms with Crippen LogP contribution in [-0.2, 0) is 4.79 Å². The third-order valence-electron chi connectivity index (χ3n) is 4.32. The van der Waals surface area contributed by atoms with Gasteiger partial charge in [-0.3, -0.25) is 4.79 Å². The predicted octanol–water partition coefficient (Wildman–Crippen LogP) is 4.06. The van der Waals surface area contributed by atoms with Gasteiger partial charge in [-0.1, -0.05) is 54.2 Å². The minimum absolute atomic E-state index is 0.00612. The number of hydrogen-bond donors (Lipinski definition) is 0. The maximum absolute atomic E-state index is 12.5. The zero-order valence-corrected chi connectivity index (χ0v) is 16.3. The number of hydrogen-bond acceptors (Lipinski definition) is 6. The Morgan fingerprint density at radius 2 is 1.85 bits per heavy atom. The number of aromatic nitrogens is 2. The molecule has 1 heterocycles. The summed E-state index contributed by atoms with van der Waals surface area (Å²) in [5.41, 5.74) is 1.81. The predicted molar refractivity (Wildman–Crippen MR) is 105 cm³/mol. The molecular formula is C20H21N3O3S. The molecule has 0 saturated carbocycles. The van der Waals surface area contributed by atoms with Gasteiger partial charge in [0.05, 0.1) is 24.5 Å². The van der Waals surface area contributed by atoms with Crippen LogP contribution in [0.1, 0.15) is 18.5 Å². The van der Waals surface area contributed by atoms with E-state index in [2.05, 4.69) is 10.2 Å². The van der Waals surface area contributed by atoms with Crippen molar-refractivity contribution < 1.29 is 13.9 Å². The van der Waals surface area contributed by atoms with Crippen LogP contribution in [0.2, 0.25) is 0 Å². The van der Waals surface area contributed by atoms with Crippen LogP contribution in [-0.4, -0.2) is 40.9 Å². The van der Waals surface area contributed by atoms with Crippen LogP contribution in [0, 0.1) is 0 Å². The van der Waals surface area contributed by atoms with Gasteiger partial charge in [-0.2, -0.15) is 0 Å². The van der Waals surface area contributed by atoms with Crippen molar-refractivity contribution in [1.82, 2.24) is 15.1 Å². The molecule has 140 valence electrons. The van der Waals surface area contributed by atoms with E-state index in [0.717, 1.165) is 11.1 Å². The van der Waals surface area contributed by atoms with E-state index in [1.54, 1.807) is 19.1 Å². The van der Waals surface area contributed by atoms with Gasteiger partial charge in [0.2, 0.25) is 5.91 Å². The quantitative estimate of drug-likeness (QED) is 0.573. The third-order valence-corrected chi connectivity index (χ3v) is 5.12. The minimum atomic E-state index is -0.00822. The van der Waals surface area contributed by atoms with Gasteiger partial charge in [0, 0.05) is 7.05 Å². The average Bonchev–Trinajstić information content (AvgIpc) is 3.20. The molecule has 6 nitrogen and oxygen atoms in total. The van der Waals surface area contributed by atoms with Gasteiger partial charge in [0.1, 0.15) is 5.75 Å². The molecule has 0 aliphatic heterocycles. The normalized spacial score (nSPS) is 11.8. The number of carbonyl (C=O) groups is 1. The summed E-state index contributed by atoms with van der Waals surface area (Å²) in [4.78, 5) is 14.2. The fraction of sp³-hybridized carbons (Fsp3) is 0.250. The van der Waals surface area contributed by atoms with E-state index in [9.17, 15) is 4.79 Å². The number of para-hydroxylation sites is 1. The molecule has 0 fully saturated rings. The van der Waals surface area contributed by atoms with Crippen molar-refractivity contribution in [3.63, 3.8) is 0 Å². The Kier molecular flexibility index (Phi) is 6.13. The molecule has 0 saturated heterocycles. The number of carbonyl (C=O) groups excluding carboxylic acids is 1. The summed E-state index contributed by atoms with van der Waals surface area (Å²) < 4.78 is 11.0. The second-order valence-corrected chi connectivity index (χ2v) is 6.88. The van der Waals surface area contributed by atoms with E-state index in [1.807, 2.05) is 61.5 Å². The number of methoxy groups -OCH3 is 1. The monoisotopic (exact) mass is 383 g/mol. The van der Waals surface area contributed by atoms with Crippen LogP contribution in [0.25, 0.3) is 11.5 Å². The lowest BCUT2D eigenvalue weighted by molar-refractivity contribution is -0.128. The van der Waals surface area contributed by atoms with Crippen molar-refractivity contribution in [1.29, 1.82) is 0 Å². The fourth-order valence-corrected chi connectivity index (χ4v) is 3.28. The zero-order chi connectivity index (χ0) is 19.2. The third kappa shape index (κ3) is 4.49. The Bertz CT molecular complexity index is 898. The van der Waals surface area contributed by atoms with Crippen molar-refractivity contribution in [3.8, 4) is 17.2 Å². The van der Waals surface area contributed by atoms with Crippen LogP contribution >= 0.6 is 11.8 Å². The van der Waals surface area contributed by atoms with Gasteiger partial charge in [0.15, 0.2) is 0 Å². The highest BCUT2D eigenvalue weighted by molar-refractivity contribution is 7.99. The average molecular weight is 383 g/mol. The Hall–Kier alpha value is -2.80. The summed E-state index contributed by atoms with van der Waals surface area (Å²) in [5, 5.41) is 8.43. The lowest BCUT2D eigenvalue weighted by atomic mass is 10.1. The van der Waals surface area contributed by atoms with Crippen molar-refractivity contribution in [3.05, 3.63) is 60.2 Å². The highest BCUT2D eigenvalue weighted by Crippen LogP contribution is 2.30. The first-order valence-corrected chi connectivity index (χ1v) is 9.49. The highest BCUT2D eigenvalue weighted by Gasteiger charge is 2.19. The summed E-state index contributed by atoms with van der Waals surface area (Å²) in [6.07, 6.45) is 0. The van der Waals surface area contributed by atoms with Crippen molar-refractivity contribution >= 4 is 17.7 Å². The van der Waals surface area contributed by atoms with Gasteiger partial charge in [-0.05, 0) is 24.6 Å². The molecule has 3 rings (SSSR count). The molecule has 1 amide bonds. The summed E-state index contributed by atoms with van der Waals surface area (Å²) in [5.74, 6) is 1.24. The summed E-state index contributed by atoms with van der Waals surface area (Å²) in [7, 11) is 3.39. The number of amides is 1. The zero-order valence-electron chi connectivity index (χ0n) is 15.5. The summed E-state index contributed by atoms with van der Waals surface area (Å²) in [6.45, 7) is 2.00. The molecule has 0 bridgehead atoms. The topological polar surface area (TPSA) is 68.5 Å². The first-order valence-electron chi connectivity index (χ1n) is 8.50. The van der Waals surface area contributed by atoms with Crippen LogP contribution in [0.3, 0.4) is 0 Å². The first kappa shape index (κ1) is 19.0. The molecule has 7 heteroatoms. The molecule has 0 aliphatic carbocycles. The first-order chi connectivity index (χ1) is 13.1. The summed E-state index contributed by atoms with van der Waals surface area (Å²) >= 11 is 1.23. The largest absolute Gasteiger partial charge is 0.496 e. The van der Waals surface area contributed by atoms with E-state index in [-0.39, 0.29) is 17.7 Å². The van der Waals surface area contributed by atoms with E-state index in [0.29, 0.717) is 16.9 Å². The second kappa shape index (κ2) is 8.73. The molecule has 3 aromatic rings. The Labute approximate surface area is 162 Å². The van der Waals surface area contributed by atoms with Crippen LogP contribution in [0.4, 0.5) is 0 Å². The maximum atomic E-state index is 12.5. The van der Waals surface area contributed by atoms with E-state index < -0.39 is 0 Å². The number of nitrogens with zero attached hydrogens (tertiary/aromatic N) is 3. The minimum Gasteiger partial charge on any atom is -0.496 e. The number of ether oxygens (including phenoxy) is 1. The van der Waals surface area contributed by atoms with Gasteiger partial charge in [0.25, 0.3) is 11.1 Å². The molecule has 1 unspecified atom stereocenters. The summed E-state index contributed by atoms with van der Waals surface area (Å²) in [6, 6.07) is 17.3. The SMILES string of the molecule is COc1ccccc1-c1nnc(SCC(=O)N(C)C(C)c2ccccc2)o1. The molecule has 0 N–H and O–H groups in total. The molecule has 1 aromatic heterocycles. The van der Waals surface area contributed by atoms with Crippen LogP contribution < -0.4 is 4.74 Å². The standard InChI is InChI=1S/C20H21N3O3S/c1-14(15-9-5-4-6-10-15)23(2)18(24)13-27-20-22-21-19(26-20)16-11-7-8-12-17(16)25-3/h4-12,14H,13H2,1-3H3. The number of benzene rings is 2. The second-order valence-electron chi connectivity index (χ2n) is 5.95. The lowest BCUT2D eigenvalue weighted by Crippen LogP contribution is -2.31. The Morgan fingerprint density at radius 1 is 1.15 bits per heavy atom. The van der Waals surface area contributed by atoms with E-state index >= 15 is 0 Å².